The molecule has 2 aliphatic heterocycles. The van der Waals surface area contributed by atoms with E-state index in [0.717, 1.165) is 44.2 Å². The van der Waals surface area contributed by atoms with Crippen molar-refractivity contribution in [3.63, 3.8) is 0 Å². The lowest BCUT2D eigenvalue weighted by Crippen LogP contribution is -2.80. The summed E-state index contributed by atoms with van der Waals surface area (Å²) in [6, 6.07) is 4.86. The Bertz CT molecular complexity index is 1480. The van der Waals surface area contributed by atoms with Gasteiger partial charge in [-0.1, -0.05) is 0 Å². The van der Waals surface area contributed by atoms with Crippen molar-refractivity contribution in [2.75, 3.05) is 31.3 Å². The molecule has 1 aromatic heterocycles. The Labute approximate surface area is 252 Å². The third-order valence-electron chi connectivity index (χ3n) is 10.8. The van der Waals surface area contributed by atoms with Gasteiger partial charge in [0, 0.05) is 43.1 Å². The van der Waals surface area contributed by atoms with Crippen LogP contribution in [0, 0.1) is 23.2 Å². The number of aliphatic hydroxyl groups is 1. The molecule has 10 nitrogen and oxygen atoms in total. The molecule has 3 heterocycles. The van der Waals surface area contributed by atoms with Crippen LogP contribution in [0.25, 0.3) is 0 Å². The number of carbonyl (C=O) groups excluding carboxylic acids is 1. The monoisotopic (exact) mass is 616 g/mol. The summed E-state index contributed by atoms with van der Waals surface area (Å²) < 4.78 is 54.1. The van der Waals surface area contributed by atoms with Crippen LogP contribution in [0.3, 0.4) is 0 Å². The number of amides is 1. The van der Waals surface area contributed by atoms with E-state index in [0.29, 0.717) is 49.8 Å². The number of aromatic nitrogens is 2. The number of nitrogens with zero attached hydrogens (tertiary/aromatic N) is 3. The molecule has 4 fully saturated rings. The number of alkyl halides is 3. The van der Waals surface area contributed by atoms with Gasteiger partial charge in [0.15, 0.2) is 5.69 Å². The molecule has 1 spiro atoms. The minimum atomic E-state index is -4.92. The molecule has 5 unspecified atom stereocenters. The standard InChI is InChI=1S/C31H35F3N4O6/c32-31(33,34)25-22(26(39)36-24-15-29(42)14-20-11-19(27(40)41)13-30(20,24)29)16-35-28(37-25)38-7-3-18-12-21(1-2-23(18)38)44-10-6-17-4-8-43-9-5-17/h1-2,12,16-17,19-20,24,42H,3-11,13-15H2,(H,36,39)(H,40,41). The number of nitrogens with one attached hydrogen (secondary N) is 1. The maximum absolute atomic E-state index is 14.3. The number of hydrogen-bond acceptors (Lipinski definition) is 8. The van der Waals surface area contributed by atoms with Gasteiger partial charge in [0.05, 0.1) is 23.7 Å². The Morgan fingerprint density at radius 2 is 1.98 bits per heavy atom. The van der Waals surface area contributed by atoms with Crippen molar-refractivity contribution in [1.82, 2.24) is 15.3 Å². The zero-order valence-electron chi connectivity index (χ0n) is 24.1. The summed E-state index contributed by atoms with van der Waals surface area (Å²) in [7, 11) is 0. The Hall–Kier alpha value is -3.45. The summed E-state index contributed by atoms with van der Waals surface area (Å²) in [5.74, 6) is -1.57. The van der Waals surface area contributed by atoms with Gasteiger partial charge in [-0.25, -0.2) is 9.97 Å². The molecule has 44 heavy (non-hydrogen) atoms. The van der Waals surface area contributed by atoms with Crippen molar-refractivity contribution in [3.05, 3.63) is 41.2 Å². The second-order valence-corrected chi connectivity index (χ2v) is 13.0. The van der Waals surface area contributed by atoms with Crippen LogP contribution in [0.1, 0.15) is 66.6 Å². The summed E-state index contributed by atoms with van der Waals surface area (Å²) >= 11 is 0. The van der Waals surface area contributed by atoms with Gasteiger partial charge in [-0.15, -0.1) is 0 Å². The van der Waals surface area contributed by atoms with E-state index >= 15 is 0 Å². The van der Waals surface area contributed by atoms with Crippen LogP contribution in [0.2, 0.25) is 0 Å². The van der Waals surface area contributed by atoms with Crippen LogP contribution >= 0.6 is 0 Å². The Morgan fingerprint density at radius 3 is 2.70 bits per heavy atom. The molecular weight excluding hydrogens is 581 g/mol. The van der Waals surface area contributed by atoms with E-state index < -0.39 is 52.3 Å². The van der Waals surface area contributed by atoms with Gasteiger partial charge >= 0.3 is 12.1 Å². The zero-order valence-corrected chi connectivity index (χ0v) is 24.1. The second-order valence-electron chi connectivity index (χ2n) is 13.0. The molecule has 3 N–H and O–H groups in total. The highest BCUT2D eigenvalue weighted by Gasteiger charge is 2.79. The van der Waals surface area contributed by atoms with E-state index in [-0.39, 0.29) is 24.7 Å². The Kier molecular flexibility index (Phi) is 7.04. The molecule has 1 saturated heterocycles. The van der Waals surface area contributed by atoms with Crippen LogP contribution in [-0.2, 0) is 22.1 Å². The van der Waals surface area contributed by atoms with Crippen LogP contribution in [0.5, 0.6) is 5.75 Å². The number of fused-ring (bicyclic) bond motifs is 1. The van der Waals surface area contributed by atoms with Gasteiger partial charge < -0.3 is 29.9 Å². The quantitative estimate of drug-likeness (QED) is 0.401. The minimum Gasteiger partial charge on any atom is -0.494 e. The lowest BCUT2D eigenvalue weighted by atomic mass is 9.38. The normalized spacial score (nSPS) is 30.9. The van der Waals surface area contributed by atoms with Crippen molar-refractivity contribution in [1.29, 1.82) is 0 Å². The number of aliphatic carboxylic acids is 1. The largest absolute Gasteiger partial charge is 0.494 e. The van der Waals surface area contributed by atoms with Crippen LogP contribution in [0.4, 0.5) is 24.8 Å². The fourth-order valence-corrected chi connectivity index (χ4v) is 8.47. The number of carboxylic acids is 1. The predicted molar refractivity (Wildman–Crippen MR) is 150 cm³/mol. The van der Waals surface area contributed by atoms with E-state index in [1.54, 1.807) is 17.0 Å². The van der Waals surface area contributed by atoms with E-state index in [1.807, 2.05) is 6.07 Å². The number of carboxylic acid groups (broad SMARTS) is 1. The van der Waals surface area contributed by atoms with E-state index in [1.165, 1.54) is 0 Å². The van der Waals surface area contributed by atoms with Gasteiger partial charge in [0.2, 0.25) is 5.95 Å². The highest BCUT2D eigenvalue weighted by Crippen LogP contribution is 2.74. The fraction of sp³-hybridized carbons (Fsp3) is 0.613. The van der Waals surface area contributed by atoms with Crippen molar-refractivity contribution in [2.45, 2.75) is 69.2 Å². The van der Waals surface area contributed by atoms with Gasteiger partial charge in [-0.2, -0.15) is 13.2 Å². The molecule has 3 saturated carbocycles. The SMILES string of the molecule is O=C(NC1CC2(O)CC3CC(C(=O)O)CC312)c1cnc(N2CCc3cc(OCCC4CCOCC4)ccc32)nc1C(F)(F)F. The molecule has 2 aromatic rings. The third-order valence-corrected chi connectivity index (χ3v) is 10.8. The highest BCUT2D eigenvalue weighted by molar-refractivity contribution is 5.95. The molecule has 0 bridgehead atoms. The minimum absolute atomic E-state index is 0.0958. The van der Waals surface area contributed by atoms with Gasteiger partial charge in [0.1, 0.15) is 5.75 Å². The van der Waals surface area contributed by atoms with Crippen LogP contribution in [-0.4, -0.2) is 70.1 Å². The molecule has 1 aromatic carbocycles. The Morgan fingerprint density at radius 1 is 1.18 bits per heavy atom. The van der Waals surface area contributed by atoms with E-state index in [9.17, 15) is 33.0 Å². The maximum atomic E-state index is 14.3. The first-order chi connectivity index (χ1) is 21.0. The first kappa shape index (κ1) is 29.3. The number of anilines is 2. The van der Waals surface area contributed by atoms with Crippen molar-refractivity contribution in [3.8, 4) is 5.75 Å². The van der Waals surface area contributed by atoms with Gasteiger partial charge in [0.25, 0.3) is 5.91 Å². The molecule has 7 rings (SSSR count). The molecule has 3 aliphatic carbocycles. The smallest absolute Gasteiger partial charge is 0.434 e. The first-order valence-corrected chi connectivity index (χ1v) is 15.3. The summed E-state index contributed by atoms with van der Waals surface area (Å²) in [6.45, 7) is 2.52. The first-order valence-electron chi connectivity index (χ1n) is 15.3. The zero-order chi connectivity index (χ0) is 30.9. The van der Waals surface area contributed by atoms with Crippen molar-refractivity contribution >= 4 is 23.5 Å². The maximum Gasteiger partial charge on any atom is 0.434 e. The predicted octanol–water partition coefficient (Wildman–Crippen LogP) is 4.12. The second kappa shape index (κ2) is 10.6. The molecule has 1 amide bonds. The summed E-state index contributed by atoms with van der Waals surface area (Å²) in [4.78, 5) is 34.5. The van der Waals surface area contributed by atoms with E-state index in [4.69, 9.17) is 9.47 Å². The highest BCUT2D eigenvalue weighted by atomic mass is 19.4. The number of benzene rings is 1. The topological polar surface area (TPSA) is 134 Å². The van der Waals surface area contributed by atoms with Gasteiger partial charge in [-0.05, 0) is 87.0 Å². The number of rotatable bonds is 8. The fourth-order valence-electron chi connectivity index (χ4n) is 8.47. The molecular formula is C31H35F3N4O6. The third kappa shape index (κ3) is 4.70. The molecule has 0 radical (unpaired) electrons. The van der Waals surface area contributed by atoms with Crippen molar-refractivity contribution in [2.24, 2.45) is 23.2 Å². The van der Waals surface area contributed by atoms with Crippen LogP contribution in [0.15, 0.2) is 24.4 Å². The summed E-state index contributed by atoms with van der Waals surface area (Å²) in [6.07, 6.45) is 0.740. The summed E-state index contributed by atoms with van der Waals surface area (Å²) in [5, 5.41) is 23.1. The average molecular weight is 617 g/mol. The van der Waals surface area contributed by atoms with Gasteiger partial charge in [-0.3, -0.25) is 9.59 Å². The van der Waals surface area contributed by atoms with Crippen LogP contribution < -0.4 is 15.0 Å². The Balaban J connectivity index is 1.06. The average Bonchev–Trinajstić information content (AvgIpc) is 3.58. The molecule has 13 heteroatoms. The molecule has 5 atom stereocenters. The number of ether oxygens (including phenoxy) is 2. The van der Waals surface area contributed by atoms with E-state index in [2.05, 4.69) is 15.3 Å². The lowest BCUT2D eigenvalue weighted by Gasteiger charge is -2.71. The summed E-state index contributed by atoms with van der Waals surface area (Å²) in [5.41, 5.74) is -2.36. The lowest BCUT2D eigenvalue weighted by molar-refractivity contribution is -0.286. The van der Waals surface area contributed by atoms with Crippen molar-refractivity contribution < 1.29 is 42.4 Å². The number of hydrogen-bond donors (Lipinski definition) is 3. The number of halogens is 3. The number of carbonyl (C=O) groups is 2. The molecule has 5 aliphatic rings. The molecule has 236 valence electrons.